The van der Waals surface area contributed by atoms with Gasteiger partial charge < -0.3 is 58.1 Å². The molecule has 0 aromatic heterocycles. The van der Waals surface area contributed by atoms with E-state index < -0.39 is 71.7 Å². The first-order valence-electron chi connectivity index (χ1n) is 26.7. The summed E-state index contributed by atoms with van der Waals surface area (Å²) in [7, 11) is 3.24. The van der Waals surface area contributed by atoms with Crippen molar-refractivity contribution in [1.29, 1.82) is 0 Å². The Morgan fingerprint density at radius 3 is 1.73 bits per heavy atom. The predicted molar refractivity (Wildman–Crippen MR) is 291 cm³/mol. The van der Waals surface area contributed by atoms with Crippen LogP contribution in [0.3, 0.4) is 0 Å². The second kappa shape index (κ2) is 29.9. The molecule has 0 radical (unpaired) electrons. The number of nitrogens with one attached hydrogen (secondary N) is 8. The van der Waals surface area contributed by atoms with Crippen molar-refractivity contribution in [3.63, 3.8) is 0 Å². The Balaban J connectivity index is 1.21. The van der Waals surface area contributed by atoms with Crippen LogP contribution in [0.2, 0.25) is 0 Å². The molecule has 0 unspecified atom stereocenters. The molecule has 19 nitrogen and oxygen atoms in total. The van der Waals surface area contributed by atoms with E-state index in [2.05, 4.69) is 61.8 Å². The number of benzene rings is 1. The number of likely N-dealkylation sites (N-methyl/N-ethyl adjacent to an activating group) is 2. The molecule has 0 saturated carbocycles. The first kappa shape index (κ1) is 59.0. The first-order chi connectivity index (χ1) is 36.0. The van der Waals surface area contributed by atoms with Gasteiger partial charge in [-0.05, 0) is 135 Å². The summed E-state index contributed by atoms with van der Waals surface area (Å²) in [6.45, 7) is 12.1. The molecule has 0 spiro atoms. The number of anilines is 1. The Bertz CT molecular complexity index is 2360. The average molecular weight is 1040 g/mol. The van der Waals surface area contributed by atoms with Crippen molar-refractivity contribution >= 4 is 52.9 Å². The van der Waals surface area contributed by atoms with Gasteiger partial charge in [-0.1, -0.05) is 73.8 Å². The van der Waals surface area contributed by atoms with Crippen LogP contribution >= 0.6 is 0 Å². The minimum atomic E-state index is -1.08. The number of nitrogens with two attached hydrogens (primary N) is 1. The summed E-state index contributed by atoms with van der Waals surface area (Å²) in [6.07, 6.45) is 24.4. The van der Waals surface area contributed by atoms with Gasteiger partial charge in [-0.3, -0.25) is 38.4 Å². The van der Waals surface area contributed by atoms with Crippen LogP contribution in [-0.2, 0) is 28.8 Å². The van der Waals surface area contributed by atoms with E-state index in [9.17, 15) is 38.4 Å². The minimum Gasteiger partial charge on any atom is -0.399 e. The predicted octanol–water partition coefficient (Wildman–Crippen LogP) is 3.13. The standard InChI is InChI=1S/C56H81N11O8/c1-36-19-12-11-14-22-43(23-16-20-36)62-53(72)47-25-17-31-66(47)55(74)45(64-49(68)38(3)58-5)27-29-60-51(70)40-33-41(35-42(57)34-40)52(71)61-30-28-46(65-50(69)39(4)59-6)56(75)67-32-18-26-48(67)54(73)63-44-24-15-10-8-7-9-13-21-37(44)2/h7,9,11-14,19,21,33-35,38-39,43-48,58-59H,1-2,8,10,15-18,20,22-32,57H2,3-6H3,(H,60,70)(H,61,71)(H,62,72)(H,63,73)(H,64,68)(H,65,69)/b9-7-,14-11-,19-12-,21-13-/t38-,39-,43-,44+,45-,46-,47-,48-/m0/s1. The summed E-state index contributed by atoms with van der Waals surface area (Å²) in [4.78, 5) is 113. The van der Waals surface area contributed by atoms with E-state index in [0.29, 0.717) is 51.6 Å². The number of hydrogen-bond acceptors (Lipinski definition) is 11. The fourth-order valence-electron chi connectivity index (χ4n) is 9.57. The third-order valence-corrected chi connectivity index (χ3v) is 14.3. The zero-order valence-corrected chi connectivity index (χ0v) is 44.3. The van der Waals surface area contributed by atoms with Crippen LogP contribution in [0, 0.1) is 0 Å². The quantitative estimate of drug-likeness (QED) is 0.0857. The first-order valence-corrected chi connectivity index (χ1v) is 26.7. The lowest BCUT2D eigenvalue weighted by Crippen LogP contribution is -2.56. The molecule has 8 amide bonds. The SMILES string of the molecule is C=C1/C=C\C=C/C[C@H](NC(=O)[C@@H]2CCCN2C(=O)[C@H](CCNC(=O)c2cc(N)cc(C(=O)NCC[C@H](NC(=O)[C@H](C)NC)C(=O)N3CCC[C@H]3C(=O)N[C@@H]3CCCC/C=C\C=C/C3=C)c2)NC(=O)[C@H](C)NC)CCC1. The van der Waals surface area contributed by atoms with E-state index >= 15 is 0 Å². The molecule has 5 rings (SSSR count). The van der Waals surface area contributed by atoms with E-state index in [0.717, 1.165) is 49.7 Å². The van der Waals surface area contributed by atoms with Crippen molar-refractivity contribution in [1.82, 2.24) is 52.3 Å². The molecule has 2 fully saturated rings. The van der Waals surface area contributed by atoms with E-state index in [4.69, 9.17) is 5.73 Å². The molecule has 1 aromatic carbocycles. The van der Waals surface area contributed by atoms with Crippen molar-refractivity contribution in [3.05, 3.63) is 102 Å². The van der Waals surface area contributed by atoms with Gasteiger partial charge >= 0.3 is 0 Å². The third kappa shape index (κ3) is 17.9. The third-order valence-electron chi connectivity index (χ3n) is 14.3. The maximum atomic E-state index is 14.3. The Labute approximate surface area is 442 Å². The maximum Gasteiger partial charge on any atom is 0.251 e. The van der Waals surface area contributed by atoms with E-state index in [-0.39, 0.29) is 66.6 Å². The van der Waals surface area contributed by atoms with Crippen molar-refractivity contribution in [3.8, 4) is 0 Å². The number of carbonyl (C=O) groups is 8. The van der Waals surface area contributed by atoms with Gasteiger partial charge in [-0.15, -0.1) is 0 Å². The summed E-state index contributed by atoms with van der Waals surface area (Å²) in [5.41, 5.74) is 8.23. The number of amides is 8. The van der Waals surface area contributed by atoms with Crippen molar-refractivity contribution < 1.29 is 38.4 Å². The van der Waals surface area contributed by atoms with Gasteiger partial charge in [0.1, 0.15) is 24.2 Å². The highest BCUT2D eigenvalue weighted by Gasteiger charge is 2.40. The average Bonchev–Trinajstić information content (AvgIpc) is 4.11. The number of carbonyl (C=O) groups excluding carboxylic acids is 8. The monoisotopic (exact) mass is 1040 g/mol. The number of hydrogen-bond donors (Lipinski definition) is 9. The second-order valence-electron chi connectivity index (χ2n) is 19.9. The summed E-state index contributed by atoms with van der Waals surface area (Å²) >= 11 is 0. The van der Waals surface area contributed by atoms with Crippen LogP contribution in [0.15, 0.2) is 91.1 Å². The van der Waals surface area contributed by atoms with Crippen molar-refractivity contribution in [2.24, 2.45) is 0 Å². The van der Waals surface area contributed by atoms with Crippen LogP contribution in [0.1, 0.15) is 124 Å². The van der Waals surface area contributed by atoms with E-state index in [1.165, 1.54) is 28.0 Å². The van der Waals surface area contributed by atoms with Crippen LogP contribution in [0.4, 0.5) is 5.69 Å². The molecule has 8 atom stereocenters. The molecule has 19 heteroatoms. The minimum absolute atomic E-state index is 0.00366. The van der Waals surface area contributed by atoms with Crippen LogP contribution in [-0.4, -0.2) is 146 Å². The zero-order chi connectivity index (χ0) is 54.4. The van der Waals surface area contributed by atoms with Crippen molar-refractivity contribution in [2.45, 2.75) is 152 Å². The molecule has 4 aliphatic rings. The molecular weight excluding hydrogens is 955 g/mol. The fraction of sp³-hybridized carbons (Fsp3) is 0.536. The van der Waals surface area contributed by atoms with Gasteiger partial charge in [0.05, 0.1) is 18.1 Å². The fourth-order valence-corrected chi connectivity index (χ4v) is 9.57. The summed E-state index contributed by atoms with van der Waals surface area (Å²) in [5.74, 6) is -3.48. The Kier molecular flexibility index (Phi) is 23.5. The van der Waals surface area contributed by atoms with E-state index in [1.807, 2.05) is 42.5 Å². The highest BCUT2D eigenvalue weighted by Crippen LogP contribution is 2.24. The second-order valence-corrected chi connectivity index (χ2v) is 19.9. The van der Waals surface area contributed by atoms with Crippen molar-refractivity contribution in [2.75, 3.05) is 46.0 Å². The van der Waals surface area contributed by atoms with Crippen LogP contribution in [0.5, 0.6) is 0 Å². The van der Waals surface area contributed by atoms with Gasteiger partial charge in [0.2, 0.25) is 35.4 Å². The molecule has 2 heterocycles. The molecule has 0 bridgehead atoms. The molecule has 2 aliphatic heterocycles. The van der Waals surface area contributed by atoms with Crippen LogP contribution in [0.25, 0.3) is 0 Å². The van der Waals surface area contributed by atoms with Gasteiger partial charge in [0, 0.05) is 49.0 Å². The van der Waals surface area contributed by atoms with Gasteiger partial charge in [-0.25, -0.2) is 0 Å². The molecule has 75 heavy (non-hydrogen) atoms. The summed E-state index contributed by atoms with van der Waals surface area (Å²) < 4.78 is 0. The highest BCUT2D eigenvalue weighted by molar-refractivity contribution is 6.01. The lowest BCUT2D eigenvalue weighted by molar-refractivity contribution is -0.142. The number of likely N-dealkylation sites (tertiary alicyclic amines) is 2. The largest absolute Gasteiger partial charge is 0.399 e. The topological polar surface area (TPSA) is 265 Å². The molecule has 10 N–H and O–H groups in total. The lowest BCUT2D eigenvalue weighted by Gasteiger charge is -2.30. The lowest BCUT2D eigenvalue weighted by atomic mass is 9.99. The Morgan fingerprint density at radius 1 is 0.640 bits per heavy atom. The van der Waals surface area contributed by atoms with Crippen LogP contribution < -0.4 is 48.3 Å². The summed E-state index contributed by atoms with van der Waals surface area (Å²) in [5, 5.41) is 23.2. The number of rotatable bonds is 20. The van der Waals surface area contributed by atoms with Gasteiger partial charge in [0.15, 0.2) is 0 Å². The summed E-state index contributed by atoms with van der Waals surface area (Å²) in [6, 6.07) is -1.15. The highest BCUT2D eigenvalue weighted by atomic mass is 16.2. The maximum absolute atomic E-state index is 14.3. The number of nitrogen functional groups attached to an aromatic ring is 1. The molecule has 2 aliphatic carbocycles. The van der Waals surface area contributed by atoms with Gasteiger partial charge in [0.25, 0.3) is 11.8 Å². The van der Waals surface area contributed by atoms with E-state index in [1.54, 1.807) is 27.9 Å². The molecular formula is C56H81N11O8. The number of nitrogens with zero attached hydrogens (tertiary/aromatic N) is 2. The van der Waals surface area contributed by atoms with Gasteiger partial charge in [-0.2, -0.15) is 0 Å². The normalized spacial score (nSPS) is 23.5. The smallest absolute Gasteiger partial charge is 0.251 e. The molecule has 1 aromatic rings. The molecule has 2 saturated heterocycles. The Hall–Kier alpha value is -6.86. The molecule has 408 valence electrons. The zero-order valence-electron chi connectivity index (χ0n) is 44.3. The number of allylic oxidation sites excluding steroid dienone is 7. The Morgan fingerprint density at radius 2 is 1.17 bits per heavy atom.